The molecule has 31 heavy (non-hydrogen) atoms. The largest absolute Gasteiger partial charge is 0.497 e. The van der Waals surface area contributed by atoms with Gasteiger partial charge in [0.2, 0.25) is 5.76 Å². The maximum atomic E-state index is 13.5. The Labute approximate surface area is 179 Å². The van der Waals surface area contributed by atoms with Gasteiger partial charge in [-0.15, -0.1) is 0 Å². The Morgan fingerprint density at radius 2 is 2.00 bits per heavy atom. The zero-order chi connectivity index (χ0) is 21.4. The second-order valence-electron chi connectivity index (χ2n) is 7.68. The van der Waals surface area contributed by atoms with Crippen LogP contribution in [-0.4, -0.2) is 67.2 Å². The molecule has 8 heteroatoms. The van der Waals surface area contributed by atoms with E-state index in [1.54, 1.807) is 42.6 Å². The standard InChI is InChI=1S/C23H23N3O5/c1-29-16-4-5-17-18(13-16)31-22-19(21(17)27)20(15-3-2-6-24-14-15)26(23(22)28)8-7-25-9-11-30-12-10-25/h2-6,13-14,20H,7-12H2,1H3/t20-/m1/s1. The maximum absolute atomic E-state index is 13.5. The van der Waals surface area contributed by atoms with Crippen LogP contribution in [0.15, 0.2) is 51.9 Å². The number of morpholine rings is 1. The molecule has 0 saturated carbocycles. The molecule has 0 N–H and O–H groups in total. The first-order valence-corrected chi connectivity index (χ1v) is 10.3. The van der Waals surface area contributed by atoms with Gasteiger partial charge in [-0.25, -0.2) is 0 Å². The van der Waals surface area contributed by atoms with Crippen molar-refractivity contribution in [2.45, 2.75) is 6.04 Å². The van der Waals surface area contributed by atoms with Crippen molar-refractivity contribution in [2.75, 3.05) is 46.5 Å². The van der Waals surface area contributed by atoms with E-state index >= 15 is 0 Å². The lowest BCUT2D eigenvalue weighted by molar-refractivity contribution is 0.0314. The highest BCUT2D eigenvalue weighted by atomic mass is 16.5. The second kappa shape index (κ2) is 8.13. The van der Waals surface area contributed by atoms with E-state index in [1.807, 2.05) is 12.1 Å². The monoisotopic (exact) mass is 421 g/mol. The minimum Gasteiger partial charge on any atom is -0.497 e. The Balaban J connectivity index is 1.59. The van der Waals surface area contributed by atoms with Gasteiger partial charge in [-0.1, -0.05) is 6.07 Å². The van der Waals surface area contributed by atoms with E-state index < -0.39 is 6.04 Å². The molecule has 4 heterocycles. The lowest BCUT2D eigenvalue weighted by Crippen LogP contribution is -2.42. The summed E-state index contributed by atoms with van der Waals surface area (Å²) in [5.41, 5.74) is 1.31. The van der Waals surface area contributed by atoms with Gasteiger partial charge < -0.3 is 18.8 Å². The maximum Gasteiger partial charge on any atom is 0.290 e. The Morgan fingerprint density at radius 1 is 1.16 bits per heavy atom. The van der Waals surface area contributed by atoms with E-state index in [-0.39, 0.29) is 17.1 Å². The third-order valence-electron chi connectivity index (χ3n) is 5.94. The number of benzene rings is 1. The van der Waals surface area contributed by atoms with Crippen LogP contribution in [-0.2, 0) is 4.74 Å². The second-order valence-corrected chi connectivity index (χ2v) is 7.68. The van der Waals surface area contributed by atoms with Crippen molar-refractivity contribution in [2.24, 2.45) is 0 Å². The fraction of sp³-hybridized carbons (Fsp3) is 0.348. The fourth-order valence-corrected chi connectivity index (χ4v) is 4.31. The van der Waals surface area contributed by atoms with Crippen LogP contribution in [0.4, 0.5) is 0 Å². The molecule has 3 aromatic rings. The van der Waals surface area contributed by atoms with Crippen LogP contribution in [0.5, 0.6) is 5.75 Å². The average molecular weight is 421 g/mol. The SMILES string of the molecule is COc1ccc2c(=O)c3c(oc2c1)C(=O)N(CCN1CCOCC1)[C@@H]3c1cccnc1. The van der Waals surface area contributed by atoms with Gasteiger partial charge >= 0.3 is 0 Å². The number of carbonyl (C=O) groups is 1. The first-order valence-electron chi connectivity index (χ1n) is 10.3. The van der Waals surface area contributed by atoms with E-state index in [0.29, 0.717) is 48.6 Å². The molecule has 0 spiro atoms. The van der Waals surface area contributed by atoms with Crippen molar-refractivity contribution in [1.29, 1.82) is 0 Å². The normalized spacial score (nSPS) is 19.1. The molecule has 1 aromatic carbocycles. The smallest absolute Gasteiger partial charge is 0.290 e. The summed E-state index contributed by atoms with van der Waals surface area (Å²) < 4.78 is 16.6. The molecule has 0 bridgehead atoms. The molecule has 8 nitrogen and oxygen atoms in total. The third kappa shape index (κ3) is 3.47. The van der Waals surface area contributed by atoms with Crippen LogP contribution in [0, 0.1) is 0 Å². The minimum atomic E-state index is -0.528. The molecule has 1 fully saturated rings. The number of ether oxygens (including phenoxy) is 2. The number of amides is 1. The zero-order valence-corrected chi connectivity index (χ0v) is 17.2. The van der Waals surface area contributed by atoms with E-state index in [4.69, 9.17) is 13.9 Å². The van der Waals surface area contributed by atoms with Crippen LogP contribution in [0.1, 0.15) is 27.7 Å². The summed E-state index contributed by atoms with van der Waals surface area (Å²) in [4.78, 5) is 35.1. The van der Waals surface area contributed by atoms with E-state index in [2.05, 4.69) is 9.88 Å². The highest BCUT2D eigenvalue weighted by Crippen LogP contribution is 2.38. The Bertz CT molecular complexity index is 1170. The van der Waals surface area contributed by atoms with E-state index in [0.717, 1.165) is 18.7 Å². The van der Waals surface area contributed by atoms with Gasteiger partial charge in [-0.2, -0.15) is 0 Å². The molecule has 2 aliphatic heterocycles. The molecule has 2 aromatic heterocycles. The molecule has 5 rings (SSSR count). The van der Waals surface area contributed by atoms with Crippen LogP contribution < -0.4 is 10.2 Å². The lowest BCUT2D eigenvalue weighted by atomic mass is 10.00. The van der Waals surface area contributed by atoms with Crippen molar-refractivity contribution >= 4 is 16.9 Å². The van der Waals surface area contributed by atoms with Crippen LogP contribution in [0.3, 0.4) is 0 Å². The number of fused-ring (bicyclic) bond motifs is 2. The van der Waals surface area contributed by atoms with Gasteiger partial charge in [0.15, 0.2) is 5.43 Å². The van der Waals surface area contributed by atoms with Gasteiger partial charge in [0.1, 0.15) is 11.3 Å². The summed E-state index contributed by atoms with van der Waals surface area (Å²) in [6, 6.07) is 8.21. The van der Waals surface area contributed by atoms with E-state index in [1.165, 1.54) is 0 Å². The molecule has 1 atom stereocenters. The van der Waals surface area contributed by atoms with Gasteiger partial charge in [-0.05, 0) is 23.8 Å². The number of hydrogen-bond donors (Lipinski definition) is 0. The average Bonchev–Trinajstić information content (AvgIpc) is 3.10. The quantitative estimate of drug-likeness (QED) is 0.624. The summed E-state index contributed by atoms with van der Waals surface area (Å²) >= 11 is 0. The molecular formula is C23H23N3O5. The van der Waals surface area contributed by atoms with Crippen LogP contribution in [0.2, 0.25) is 0 Å². The predicted molar refractivity (Wildman–Crippen MR) is 113 cm³/mol. The zero-order valence-electron chi connectivity index (χ0n) is 17.2. The van der Waals surface area contributed by atoms with Gasteiger partial charge in [0.25, 0.3) is 5.91 Å². The number of aromatic nitrogens is 1. The fourth-order valence-electron chi connectivity index (χ4n) is 4.31. The van der Waals surface area contributed by atoms with Crippen LogP contribution in [0.25, 0.3) is 11.0 Å². The number of rotatable bonds is 5. The Kier molecular flexibility index (Phi) is 5.17. The topological polar surface area (TPSA) is 85.1 Å². The molecule has 160 valence electrons. The number of methoxy groups -OCH3 is 1. The number of pyridine rings is 1. The molecule has 0 radical (unpaired) electrons. The number of hydrogen-bond acceptors (Lipinski definition) is 7. The third-order valence-corrected chi connectivity index (χ3v) is 5.94. The Hall–Kier alpha value is -3.23. The first-order chi connectivity index (χ1) is 15.2. The van der Waals surface area contributed by atoms with Crippen molar-refractivity contribution in [3.8, 4) is 5.75 Å². The van der Waals surface area contributed by atoms with Crippen molar-refractivity contribution in [3.05, 3.63) is 69.8 Å². The molecule has 2 aliphatic rings. The van der Waals surface area contributed by atoms with Gasteiger partial charge in [0, 0.05) is 44.6 Å². The highest BCUT2D eigenvalue weighted by molar-refractivity contribution is 5.99. The van der Waals surface area contributed by atoms with Crippen molar-refractivity contribution < 1.29 is 18.7 Å². The van der Waals surface area contributed by atoms with Gasteiger partial charge in [0.05, 0.1) is 37.3 Å². The molecular weight excluding hydrogens is 398 g/mol. The minimum absolute atomic E-state index is 0.0987. The van der Waals surface area contributed by atoms with Crippen molar-refractivity contribution in [1.82, 2.24) is 14.8 Å². The molecule has 1 amide bonds. The number of carbonyl (C=O) groups excluding carboxylic acids is 1. The molecule has 1 saturated heterocycles. The highest BCUT2D eigenvalue weighted by Gasteiger charge is 2.42. The summed E-state index contributed by atoms with van der Waals surface area (Å²) in [5.74, 6) is 0.384. The summed E-state index contributed by atoms with van der Waals surface area (Å²) in [7, 11) is 1.55. The van der Waals surface area contributed by atoms with Crippen LogP contribution >= 0.6 is 0 Å². The summed E-state index contributed by atoms with van der Waals surface area (Å²) in [6.45, 7) is 4.20. The Morgan fingerprint density at radius 3 is 2.74 bits per heavy atom. The predicted octanol–water partition coefficient (Wildman–Crippen LogP) is 2.07. The summed E-state index contributed by atoms with van der Waals surface area (Å²) in [5, 5.41) is 0.427. The van der Waals surface area contributed by atoms with Crippen molar-refractivity contribution in [3.63, 3.8) is 0 Å². The molecule has 0 aliphatic carbocycles. The first kappa shape index (κ1) is 19.7. The van der Waals surface area contributed by atoms with E-state index in [9.17, 15) is 9.59 Å². The molecule has 0 unspecified atom stereocenters. The number of nitrogens with zero attached hydrogens (tertiary/aromatic N) is 3. The summed E-state index contributed by atoms with van der Waals surface area (Å²) in [6.07, 6.45) is 3.38. The van der Waals surface area contributed by atoms with Gasteiger partial charge in [-0.3, -0.25) is 19.5 Å². The lowest BCUT2D eigenvalue weighted by Gasteiger charge is -2.30.